The van der Waals surface area contributed by atoms with E-state index in [1.165, 1.54) is 5.56 Å². The van der Waals surface area contributed by atoms with Crippen LogP contribution in [0.15, 0.2) is 54.6 Å². The molecule has 2 aromatic rings. The minimum atomic E-state index is -0.623. The molecule has 0 aliphatic carbocycles. The van der Waals surface area contributed by atoms with E-state index in [-0.39, 0.29) is 6.54 Å². The monoisotopic (exact) mass is 354 g/mol. The molecule has 0 unspecified atom stereocenters. The molecule has 2 rings (SSSR count). The number of carbonyl (C=O) groups excluding carboxylic acids is 2. The summed E-state index contributed by atoms with van der Waals surface area (Å²) in [5.74, 6) is -0.428. The molecule has 5 nitrogen and oxygen atoms in total. The molecule has 0 aliphatic rings. The van der Waals surface area contributed by atoms with Crippen molar-refractivity contribution in [1.29, 1.82) is 0 Å². The molecule has 0 saturated heterocycles. The summed E-state index contributed by atoms with van der Waals surface area (Å²) in [4.78, 5) is 23.3. The Kier molecular flexibility index (Phi) is 8.19. The molecule has 0 spiro atoms. The number of nitrogens with one attached hydrogen (secondary N) is 2. The van der Waals surface area contributed by atoms with E-state index in [1.807, 2.05) is 49.4 Å². The molecule has 0 aliphatic heterocycles. The number of hydrogen-bond acceptors (Lipinski definition) is 3. The number of rotatable bonds is 9. The van der Waals surface area contributed by atoms with E-state index in [0.29, 0.717) is 13.2 Å². The number of carbonyl (C=O) groups is 2. The standard InChI is InChI=1S/C21H26N2O3/c1-2-3-13-22-20(24)21(25)23-14-15-26-19-12-8-7-11-18(19)16-17-9-5-4-6-10-17/h4-12H,2-3,13-16H2,1H3,(H,22,24)(H,23,25). The highest BCUT2D eigenvalue weighted by atomic mass is 16.5. The molecule has 0 fully saturated rings. The Hall–Kier alpha value is -2.82. The smallest absolute Gasteiger partial charge is 0.309 e. The molecule has 0 heterocycles. The van der Waals surface area contributed by atoms with Crippen LogP contribution in [0.2, 0.25) is 0 Å². The van der Waals surface area contributed by atoms with Crippen molar-refractivity contribution in [3.8, 4) is 5.75 Å². The molecular weight excluding hydrogens is 328 g/mol. The second kappa shape index (κ2) is 10.9. The lowest BCUT2D eigenvalue weighted by molar-refractivity contribution is -0.139. The van der Waals surface area contributed by atoms with Crippen LogP contribution in [0.25, 0.3) is 0 Å². The summed E-state index contributed by atoms with van der Waals surface area (Å²) in [6.07, 6.45) is 2.61. The molecule has 2 amide bonds. The fourth-order valence-corrected chi connectivity index (χ4v) is 2.47. The van der Waals surface area contributed by atoms with Gasteiger partial charge in [-0.15, -0.1) is 0 Å². The lowest BCUT2D eigenvalue weighted by Crippen LogP contribution is -2.41. The van der Waals surface area contributed by atoms with Crippen molar-refractivity contribution in [2.24, 2.45) is 0 Å². The molecule has 2 N–H and O–H groups in total. The van der Waals surface area contributed by atoms with Gasteiger partial charge in [-0.05, 0) is 23.6 Å². The number of benzene rings is 2. The predicted molar refractivity (Wildman–Crippen MR) is 102 cm³/mol. The number of amides is 2. The topological polar surface area (TPSA) is 67.4 Å². The first-order valence-electron chi connectivity index (χ1n) is 9.01. The fraction of sp³-hybridized carbons (Fsp3) is 0.333. The molecule has 0 radical (unpaired) electrons. The quantitative estimate of drug-likeness (QED) is 0.537. The van der Waals surface area contributed by atoms with Crippen molar-refractivity contribution in [3.63, 3.8) is 0 Å². The second-order valence-electron chi connectivity index (χ2n) is 5.98. The third-order valence-electron chi connectivity index (χ3n) is 3.88. The SMILES string of the molecule is CCCCNC(=O)C(=O)NCCOc1ccccc1Cc1ccccc1. The van der Waals surface area contributed by atoms with E-state index >= 15 is 0 Å². The Balaban J connectivity index is 1.77. The van der Waals surface area contributed by atoms with Crippen LogP contribution in [-0.4, -0.2) is 31.5 Å². The lowest BCUT2D eigenvalue weighted by atomic mass is 10.0. The third kappa shape index (κ3) is 6.59. The van der Waals surface area contributed by atoms with Crippen molar-refractivity contribution < 1.29 is 14.3 Å². The van der Waals surface area contributed by atoms with Gasteiger partial charge in [0.25, 0.3) is 0 Å². The van der Waals surface area contributed by atoms with E-state index in [1.54, 1.807) is 0 Å². The van der Waals surface area contributed by atoms with Crippen LogP contribution < -0.4 is 15.4 Å². The van der Waals surface area contributed by atoms with Gasteiger partial charge in [-0.2, -0.15) is 0 Å². The van der Waals surface area contributed by atoms with Gasteiger partial charge in [0.15, 0.2) is 0 Å². The van der Waals surface area contributed by atoms with E-state index in [4.69, 9.17) is 4.74 Å². The summed E-state index contributed by atoms with van der Waals surface area (Å²) in [6.45, 7) is 3.13. The minimum Gasteiger partial charge on any atom is -0.491 e. The van der Waals surface area contributed by atoms with Crippen molar-refractivity contribution >= 4 is 11.8 Å². The molecular formula is C21H26N2O3. The summed E-state index contributed by atoms with van der Waals surface area (Å²) >= 11 is 0. The fourth-order valence-electron chi connectivity index (χ4n) is 2.47. The minimum absolute atomic E-state index is 0.277. The summed E-state index contributed by atoms with van der Waals surface area (Å²) in [5, 5.41) is 5.16. The van der Waals surface area contributed by atoms with Crippen LogP contribution >= 0.6 is 0 Å². The normalized spacial score (nSPS) is 10.2. The molecule has 0 atom stereocenters. The molecule has 2 aromatic carbocycles. The first kappa shape index (κ1) is 19.5. The largest absolute Gasteiger partial charge is 0.491 e. The van der Waals surface area contributed by atoms with Gasteiger partial charge >= 0.3 is 11.8 Å². The molecule has 0 bridgehead atoms. The Morgan fingerprint density at radius 1 is 0.885 bits per heavy atom. The zero-order valence-corrected chi connectivity index (χ0v) is 15.2. The summed E-state index contributed by atoms with van der Waals surface area (Å²) in [7, 11) is 0. The maximum Gasteiger partial charge on any atom is 0.309 e. The molecule has 5 heteroatoms. The van der Waals surface area contributed by atoms with E-state index in [2.05, 4.69) is 22.8 Å². The molecule has 26 heavy (non-hydrogen) atoms. The van der Waals surface area contributed by atoms with Gasteiger partial charge in [0, 0.05) is 13.0 Å². The van der Waals surface area contributed by atoms with Crippen molar-refractivity contribution in [1.82, 2.24) is 10.6 Å². The van der Waals surface area contributed by atoms with Crippen LogP contribution in [-0.2, 0) is 16.0 Å². The molecule has 0 aromatic heterocycles. The maximum absolute atomic E-state index is 11.7. The van der Waals surface area contributed by atoms with Gasteiger partial charge < -0.3 is 15.4 Å². The Morgan fingerprint density at radius 3 is 2.27 bits per heavy atom. The number of ether oxygens (including phenoxy) is 1. The number of unbranched alkanes of at least 4 members (excludes halogenated alkanes) is 1. The molecule has 0 saturated carbocycles. The average molecular weight is 354 g/mol. The van der Waals surface area contributed by atoms with Gasteiger partial charge in [-0.3, -0.25) is 9.59 Å². The van der Waals surface area contributed by atoms with E-state index in [0.717, 1.165) is 30.6 Å². The number of para-hydroxylation sites is 1. The van der Waals surface area contributed by atoms with Gasteiger partial charge in [-0.1, -0.05) is 61.9 Å². The zero-order chi connectivity index (χ0) is 18.6. The summed E-state index contributed by atoms with van der Waals surface area (Å²) in [5.41, 5.74) is 2.29. The number of hydrogen-bond donors (Lipinski definition) is 2. The summed E-state index contributed by atoms with van der Waals surface area (Å²) < 4.78 is 5.79. The lowest BCUT2D eigenvalue weighted by Gasteiger charge is -2.12. The predicted octanol–water partition coefficient (Wildman–Crippen LogP) is 2.69. The third-order valence-corrected chi connectivity index (χ3v) is 3.88. The van der Waals surface area contributed by atoms with Crippen LogP contribution in [0.5, 0.6) is 5.75 Å². The Bertz CT molecular complexity index is 701. The average Bonchev–Trinajstić information content (AvgIpc) is 2.67. The van der Waals surface area contributed by atoms with Crippen LogP contribution in [0.4, 0.5) is 0 Å². The first-order chi connectivity index (χ1) is 12.7. The van der Waals surface area contributed by atoms with Crippen LogP contribution in [0.3, 0.4) is 0 Å². The van der Waals surface area contributed by atoms with Crippen molar-refractivity contribution in [3.05, 3.63) is 65.7 Å². The van der Waals surface area contributed by atoms with Crippen molar-refractivity contribution in [2.75, 3.05) is 19.7 Å². The highest BCUT2D eigenvalue weighted by molar-refractivity contribution is 6.35. The Morgan fingerprint density at radius 2 is 1.54 bits per heavy atom. The van der Waals surface area contributed by atoms with E-state index < -0.39 is 11.8 Å². The van der Waals surface area contributed by atoms with Crippen LogP contribution in [0, 0.1) is 0 Å². The van der Waals surface area contributed by atoms with Crippen LogP contribution in [0.1, 0.15) is 30.9 Å². The van der Waals surface area contributed by atoms with E-state index in [9.17, 15) is 9.59 Å². The zero-order valence-electron chi connectivity index (χ0n) is 15.2. The highest BCUT2D eigenvalue weighted by Gasteiger charge is 2.11. The summed E-state index contributed by atoms with van der Waals surface area (Å²) in [6, 6.07) is 18.0. The first-order valence-corrected chi connectivity index (χ1v) is 9.01. The highest BCUT2D eigenvalue weighted by Crippen LogP contribution is 2.21. The van der Waals surface area contributed by atoms with Gasteiger partial charge in [0.05, 0.1) is 6.54 Å². The van der Waals surface area contributed by atoms with Gasteiger partial charge in [-0.25, -0.2) is 0 Å². The Labute approximate surface area is 154 Å². The molecule has 138 valence electrons. The second-order valence-corrected chi connectivity index (χ2v) is 5.98. The van der Waals surface area contributed by atoms with Gasteiger partial charge in [0.1, 0.15) is 12.4 Å². The maximum atomic E-state index is 11.7. The van der Waals surface area contributed by atoms with Crippen molar-refractivity contribution in [2.45, 2.75) is 26.2 Å². The van der Waals surface area contributed by atoms with Gasteiger partial charge in [0.2, 0.25) is 0 Å².